The van der Waals surface area contributed by atoms with E-state index in [1.54, 1.807) is 0 Å². The maximum atomic E-state index is 13.7. The summed E-state index contributed by atoms with van der Waals surface area (Å²) in [5.41, 5.74) is 3.93. The van der Waals surface area contributed by atoms with Gasteiger partial charge in [-0.1, -0.05) is 19.1 Å². The van der Waals surface area contributed by atoms with Crippen molar-refractivity contribution in [1.82, 2.24) is 19.4 Å². The van der Waals surface area contributed by atoms with E-state index in [-0.39, 0.29) is 5.91 Å². The Kier molecular flexibility index (Phi) is 5.40. The first-order chi connectivity index (χ1) is 15.1. The van der Waals surface area contributed by atoms with Gasteiger partial charge in [0.1, 0.15) is 11.6 Å². The zero-order valence-corrected chi connectivity index (χ0v) is 18.4. The Morgan fingerprint density at radius 2 is 2.13 bits per heavy atom. The number of nitrogens with zero attached hydrogens (tertiary/aromatic N) is 4. The molecule has 6 heteroatoms. The molecule has 0 unspecified atom stereocenters. The third-order valence-electron chi connectivity index (χ3n) is 6.77. The number of aromatic nitrogens is 2. The molecule has 0 bridgehead atoms. The van der Waals surface area contributed by atoms with Crippen molar-refractivity contribution in [3.63, 3.8) is 0 Å². The zero-order chi connectivity index (χ0) is 21.4. The van der Waals surface area contributed by atoms with E-state index < -0.39 is 0 Å². The quantitative estimate of drug-likeness (QED) is 0.613. The summed E-state index contributed by atoms with van der Waals surface area (Å²) in [6, 6.07) is 14.4. The van der Waals surface area contributed by atoms with E-state index >= 15 is 0 Å². The first-order valence-corrected chi connectivity index (χ1v) is 11.3. The summed E-state index contributed by atoms with van der Waals surface area (Å²) in [4.78, 5) is 23.0. The molecule has 0 N–H and O–H groups in total. The van der Waals surface area contributed by atoms with Crippen LogP contribution in [0.4, 0.5) is 0 Å². The van der Waals surface area contributed by atoms with E-state index in [0.717, 1.165) is 66.2 Å². The lowest BCUT2D eigenvalue weighted by atomic mass is 10.1. The Balaban J connectivity index is 1.46. The number of hydrogen-bond donors (Lipinski definition) is 0. The van der Waals surface area contributed by atoms with Crippen LogP contribution in [-0.4, -0.2) is 57.5 Å². The largest absolute Gasteiger partial charge is 0.493 e. The van der Waals surface area contributed by atoms with Gasteiger partial charge >= 0.3 is 0 Å². The van der Waals surface area contributed by atoms with Crippen molar-refractivity contribution >= 4 is 16.9 Å². The number of rotatable bonds is 6. The molecule has 162 valence electrons. The molecule has 1 fully saturated rings. The molecular weight excluding hydrogens is 388 g/mol. The van der Waals surface area contributed by atoms with Crippen LogP contribution in [0.3, 0.4) is 0 Å². The van der Waals surface area contributed by atoms with Gasteiger partial charge in [-0.15, -0.1) is 0 Å². The minimum atomic E-state index is 0.0738. The number of ether oxygens (including phenoxy) is 1. The van der Waals surface area contributed by atoms with Crippen LogP contribution in [0, 0.1) is 0 Å². The van der Waals surface area contributed by atoms with Crippen molar-refractivity contribution in [3.8, 4) is 5.75 Å². The Labute approximate surface area is 183 Å². The molecule has 1 atom stereocenters. The molecule has 1 aromatic heterocycles. The Morgan fingerprint density at radius 1 is 1.26 bits per heavy atom. The topological polar surface area (TPSA) is 50.6 Å². The number of para-hydroxylation sites is 2. The standard InChI is InChI=1S/C25H30N4O2/c1-3-28-13-6-7-20(28)16-29(17-24-26-21-8-4-5-9-22(21)27(24)2)25(30)19-10-11-23-18(15-19)12-14-31-23/h4-5,8-11,15,20H,3,6-7,12-14,16-17H2,1-2H3/t20-/m1/s1. The Morgan fingerprint density at radius 3 is 2.97 bits per heavy atom. The van der Waals surface area contributed by atoms with Crippen LogP contribution < -0.4 is 4.74 Å². The van der Waals surface area contributed by atoms with Crippen LogP contribution in [0.5, 0.6) is 5.75 Å². The molecule has 5 rings (SSSR count). The molecule has 2 aliphatic rings. The summed E-state index contributed by atoms with van der Waals surface area (Å²) in [7, 11) is 2.04. The monoisotopic (exact) mass is 418 g/mol. The summed E-state index contributed by atoms with van der Waals surface area (Å²) in [5, 5.41) is 0. The fourth-order valence-corrected chi connectivity index (χ4v) is 5.00. The van der Waals surface area contributed by atoms with Gasteiger partial charge in [-0.25, -0.2) is 4.98 Å². The van der Waals surface area contributed by atoms with Gasteiger partial charge in [0.15, 0.2) is 0 Å². The predicted molar refractivity (Wildman–Crippen MR) is 121 cm³/mol. The highest BCUT2D eigenvalue weighted by molar-refractivity contribution is 5.94. The zero-order valence-electron chi connectivity index (χ0n) is 18.4. The minimum absolute atomic E-state index is 0.0738. The van der Waals surface area contributed by atoms with Gasteiger partial charge in [0.2, 0.25) is 0 Å². The van der Waals surface area contributed by atoms with E-state index in [2.05, 4.69) is 22.5 Å². The predicted octanol–water partition coefficient (Wildman–Crippen LogP) is 3.63. The van der Waals surface area contributed by atoms with Crippen molar-refractivity contribution in [3.05, 3.63) is 59.4 Å². The van der Waals surface area contributed by atoms with Gasteiger partial charge in [-0.2, -0.15) is 0 Å². The summed E-state index contributed by atoms with van der Waals surface area (Å²) in [6.07, 6.45) is 3.20. The lowest BCUT2D eigenvalue weighted by molar-refractivity contribution is 0.0685. The van der Waals surface area contributed by atoms with Crippen LogP contribution in [0.2, 0.25) is 0 Å². The molecule has 6 nitrogen and oxygen atoms in total. The molecule has 2 aromatic carbocycles. The second kappa shape index (κ2) is 8.35. The van der Waals surface area contributed by atoms with Crippen LogP contribution in [0.15, 0.2) is 42.5 Å². The second-order valence-corrected chi connectivity index (χ2v) is 8.61. The number of fused-ring (bicyclic) bond motifs is 2. The third kappa shape index (κ3) is 3.81. The highest BCUT2D eigenvalue weighted by atomic mass is 16.5. The molecule has 0 aliphatic carbocycles. The van der Waals surface area contributed by atoms with E-state index in [4.69, 9.17) is 9.72 Å². The number of imidazole rings is 1. The molecule has 3 heterocycles. The second-order valence-electron chi connectivity index (χ2n) is 8.61. The maximum Gasteiger partial charge on any atom is 0.254 e. The highest BCUT2D eigenvalue weighted by Gasteiger charge is 2.29. The Bertz CT molecular complexity index is 1110. The lowest BCUT2D eigenvalue weighted by Crippen LogP contribution is -2.43. The van der Waals surface area contributed by atoms with Gasteiger partial charge in [-0.3, -0.25) is 9.69 Å². The maximum absolute atomic E-state index is 13.7. The van der Waals surface area contributed by atoms with Crippen LogP contribution in [0.1, 0.15) is 41.5 Å². The van der Waals surface area contributed by atoms with Gasteiger partial charge in [0, 0.05) is 31.6 Å². The number of amides is 1. The molecule has 1 saturated heterocycles. The smallest absolute Gasteiger partial charge is 0.254 e. The number of aryl methyl sites for hydroxylation is 1. The van der Waals surface area contributed by atoms with Crippen molar-refractivity contribution < 1.29 is 9.53 Å². The average Bonchev–Trinajstić information content (AvgIpc) is 3.51. The van der Waals surface area contributed by atoms with Gasteiger partial charge in [0.05, 0.1) is 24.2 Å². The number of likely N-dealkylation sites (N-methyl/N-ethyl adjacent to an activating group) is 1. The Hall–Kier alpha value is -2.86. The summed E-state index contributed by atoms with van der Waals surface area (Å²) in [5.74, 6) is 1.90. The van der Waals surface area contributed by atoms with Crippen LogP contribution >= 0.6 is 0 Å². The highest BCUT2D eigenvalue weighted by Crippen LogP contribution is 2.27. The first-order valence-electron chi connectivity index (χ1n) is 11.3. The van der Waals surface area contributed by atoms with E-state index in [9.17, 15) is 4.79 Å². The van der Waals surface area contributed by atoms with Crippen molar-refractivity contribution in [2.24, 2.45) is 7.05 Å². The fourth-order valence-electron chi connectivity index (χ4n) is 5.00. The van der Waals surface area contributed by atoms with Crippen LogP contribution in [0.25, 0.3) is 11.0 Å². The fraction of sp³-hybridized carbons (Fsp3) is 0.440. The number of benzene rings is 2. The van der Waals surface area contributed by atoms with Crippen molar-refractivity contribution in [2.45, 2.75) is 38.8 Å². The molecule has 0 spiro atoms. The van der Waals surface area contributed by atoms with Crippen LogP contribution in [-0.2, 0) is 20.0 Å². The van der Waals surface area contributed by atoms with Gasteiger partial charge in [-0.05, 0) is 61.8 Å². The number of carbonyl (C=O) groups is 1. The molecule has 0 radical (unpaired) electrons. The number of hydrogen-bond acceptors (Lipinski definition) is 4. The SMILES string of the molecule is CCN1CCC[C@@H]1CN(Cc1nc2ccccc2n1C)C(=O)c1ccc2c(c1)CCO2. The van der Waals surface area contributed by atoms with E-state index in [1.807, 2.05) is 48.3 Å². The summed E-state index contributed by atoms with van der Waals surface area (Å²) >= 11 is 0. The van der Waals surface area contributed by atoms with E-state index in [0.29, 0.717) is 19.2 Å². The van der Waals surface area contributed by atoms with Crippen molar-refractivity contribution in [1.29, 1.82) is 0 Å². The lowest BCUT2D eigenvalue weighted by Gasteiger charge is -2.30. The number of carbonyl (C=O) groups excluding carboxylic acids is 1. The molecule has 3 aromatic rings. The van der Waals surface area contributed by atoms with Gasteiger partial charge in [0.25, 0.3) is 5.91 Å². The average molecular weight is 419 g/mol. The summed E-state index contributed by atoms with van der Waals surface area (Å²) < 4.78 is 7.74. The third-order valence-corrected chi connectivity index (χ3v) is 6.77. The number of likely N-dealkylation sites (tertiary alicyclic amines) is 1. The molecule has 0 saturated carbocycles. The van der Waals surface area contributed by atoms with Gasteiger partial charge < -0.3 is 14.2 Å². The molecule has 1 amide bonds. The first kappa shape index (κ1) is 20.1. The molecule has 31 heavy (non-hydrogen) atoms. The molecular formula is C25H30N4O2. The normalized spacial score (nSPS) is 18.3. The van der Waals surface area contributed by atoms with E-state index in [1.165, 1.54) is 6.42 Å². The summed E-state index contributed by atoms with van der Waals surface area (Å²) in [6.45, 7) is 6.27. The van der Waals surface area contributed by atoms with Crippen molar-refractivity contribution in [2.75, 3.05) is 26.2 Å². The molecule has 2 aliphatic heterocycles. The minimum Gasteiger partial charge on any atom is -0.493 e.